The van der Waals surface area contributed by atoms with Crippen molar-refractivity contribution in [1.82, 2.24) is 5.32 Å². The molecule has 1 aliphatic heterocycles. The average molecular weight is 412 g/mol. The smallest absolute Gasteiger partial charge is 0.0622 e. The Bertz CT molecular complexity index is 786. The van der Waals surface area contributed by atoms with E-state index in [1.54, 1.807) is 0 Å². The first kappa shape index (κ1) is 22.1. The van der Waals surface area contributed by atoms with E-state index in [4.69, 9.17) is 16.3 Å². The van der Waals surface area contributed by atoms with Crippen LogP contribution < -0.4 is 5.32 Å². The molecule has 1 heterocycles. The summed E-state index contributed by atoms with van der Waals surface area (Å²) in [6.07, 6.45) is 4.06. The highest BCUT2D eigenvalue weighted by Crippen LogP contribution is 2.39. The number of allylic oxidation sites excluding steroid dienone is 1. The fraction of sp³-hybridized carbons (Fsp3) is 0.462. The Morgan fingerprint density at radius 3 is 2.55 bits per heavy atom. The van der Waals surface area contributed by atoms with Crippen molar-refractivity contribution in [2.45, 2.75) is 51.6 Å². The van der Waals surface area contributed by atoms with Crippen molar-refractivity contribution in [3.8, 4) is 0 Å². The molecule has 0 spiro atoms. The summed E-state index contributed by atoms with van der Waals surface area (Å²) in [4.78, 5) is 0. The van der Waals surface area contributed by atoms with E-state index in [0.29, 0.717) is 23.8 Å². The molecule has 4 unspecified atom stereocenters. The number of ether oxygens (including phenoxy) is 1. The number of aryl methyl sites for hydroxylation is 1. The maximum absolute atomic E-state index is 6.20. The molecule has 2 aromatic rings. The Morgan fingerprint density at radius 1 is 1.14 bits per heavy atom. The van der Waals surface area contributed by atoms with Gasteiger partial charge in [0.1, 0.15) is 0 Å². The summed E-state index contributed by atoms with van der Waals surface area (Å²) in [5.74, 6) is 1.29. The fourth-order valence-corrected chi connectivity index (χ4v) is 4.46. The fourth-order valence-electron chi connectivity index (χ4n) is 4.33. The van der Waals surface area contributed by atoms with Crippen molar-refractivity contribution in [3.05, 3.63) is 82.9 Å². The molecule has 0 saturated carbocycles. The zero-order valence-electron chi connectivity index (χ0n) is 17.9. The monoisotopic (exact) mass is 411 g/mol. The van der Waals surface area contributed by atoms with Crippen LogP contribution in [0.5, 0.6) is 0 Å². The van der Waals surface area contributed by atoms with Crippen molar-refractivity contribution in [1.29, 1.82) is 0 Å². The predicted octanol–water partition coefficient (Wildman–Crippen LogP) is 6.70. The Labute approximate surface area is 181 Å². The average Bonchev–Trinajstić information content (AvgIpc) is 2.78. The molecule has 0 amide bonds. The van der Waals surface area contributed by atoms with E-state index in [1.807, 2.05) is 18.2 Å². The molecular weight excluding hydrogens is 378 g/mol. The normalized spacial score (nSPS) is 25.8. The molecule has 3 rings (SSSR count). The van der Waals surface area contributed by atoms with Gasteiger partial charge in [-0.2, -0.15) is 0 Å². The third-order valence-electron chi connectivity index (χ3n) is 6.04. The van der Waals surface area contributed by atoms with E-state index in [-0.39, 0.29) is 6.04 Å². The molecule has 0 bridgehead atoms. The van der Waals surface area contributed by atoms with Gasteiger partial charge in [-0.1, -0.05) is 73.5 Å². The largest absolute Gasteiger partial charge is 0.380 e. The van der Waals surface area contributed by atoms with Gasteiger partial charge in [-0.25, -0.2) is 0 Å². The van der Waals surface area contributed by atoms with E-state index in [1.165, 1.54) is 16.7 Å². The lowest BCUT2D eigenvalue weighted by molar-refractivity contribution is 0.0750. The van der Waals surface area contributed by atoms with Crippen molar-refractivity contribution < 1.29 is 4.74 Å². The third kappa shape index (κ3) is 5.94. The van der Waals surface area contributed by atoms with Gasteiger partial charge in [0.25, 0.3) is 0 Å². The molecule has 0 aliphatic carbocycles. The summed E-state index contributed by atoms with van der Waals surface area (Å²) < 4.78 is 6.17. The summed E-state index contributed by atoms with van der Waals surface area (Å²) >= 11 is 6.20. The highest BCUT2D eigenvalue weighted by Gasteiger charge is 2.32. The summed E-state index contributed by atoms with van der Waals surface area (Å²) in [5.41, 5.74) is 3.97. The molecule has 4 atom stereocenters. The van der Waals surface area contributed by atoms with E-state index in [2.05, 4.69) is 69.1 Å². The van der Waals surface area contributed by atoms with Gasteiger partial charge in [0.2, 0.25) is 0 Å². The Hall–Kier alpha value is -1.61. The Kier molecular flexibility index (Phi) is 7.94. The zero-order valence-corrected chi connectivity index (χ0v) is 18.7. The minimum absolute atomic E-state index is 0.204. The molecule has 2 aromatic carbocycles. The summed E-state index contributed by atoms with van der Waals surface area (Å²) in [6.45, 7) is 12.2. The SMILES string of the molecule is C=CCC1COCC(C(C)C)NC(c2ccc(Cl)cc2)C(c2cccc(C)c2)C1. The van der Waals surface area contributed by atoms with Crippen LogP contribution >= 0.6 is 11.6 Å². The minimum atomic E-state index is 0.204. The third-order valence-corrected chi connectivity index (χ3v) is 6.29. The maximum atomic E-state index is 6.20. The molecule has 3 heteroatoms. The number of halogens is 1. The number of hydrogen-bond donors (Lipinski definition) is 1. The second-order valence-electron chi connectivity index (χ2n) is 8.73. The van der Waals surface area contributed by atoms with Gasteiger partial charge in [-0.05, 0) is 54.9 Å². The first-order valence-electron chi connectivity index (χ1n) is 10.7. The topological polar surface area (TPSA) is 21.3 Å². The van der Waals surface area contributed by atoms with Crippen LogP contribution in [0.2, 0.25) is 5.02 Å². The van der Waals surface area contributed by atoms with Gasteiger partial charge in [0.15, 0.2) is 0 Å². The molecule has 1 aliphatic rings. The number of nitrogens with one attached hydrogen (secondary N) is 1. The highest BCUT2D eigenvalue weighted by atomic mass is 35.5. The van der Waals surface area contributed by atoms with Gasteiger partial charge in [-0.15, -0.1) is 6.58 Å². The zero-order chi connectivity index (χ0) is 20.8. The minimum Gasteiger partial charge on any atom is -0.380 e. The molecule has 1 fully saturated rings. The van der Waals surface area contributed by atoms with Gasteiger partial charge in [0.05, 0.1) is 6.61 Å². The standard InChI is InChI=1S/C26H34ClNO/c1-5-7-20-15-24(22-9-6-8-19(4)14-22)26(21-10-12-23(27)13-11-21)28-25(18(2)3)17-29-16-20/h5-6,8-14,18,20,24-26,28H,1,7,15-17H2,2-4H3. The Morgan fingerprint density at radius 2 is 1.90 bits per heavy atom. The van der Waals surface area contributed by atoms with Gasteiger partial charge in [-0.3, -0.25) is 0 Å². The van der Waals surface area contributed by atoms with Gasteiger partial charge in [0, 0.05) is 29.6 Å². The summed E-state index contributed by atoms with van der Waals surface area (Å²) in [6, 6.07) is 17.8. The van der Waals surface area contributed by atoms with E-state index in [0.717, 1.165) is 31.1 Å². The molecule has 0 aromatic heterocycles. The molecule has 1 N–H and O–H groups in total. The van der Waals surface area contributed by atoms with E-state index in [9.17, 15) is 0 Å². The van der Waals surface area contributed by atoms with Crippen LogP contribution in [0.15, 0.2) is 61.2 Å². The van der Waals surface area contributed by atoms with Crippen molar-refractivity contribution in [2.75, 3.05) is 13.2 Å². The maximum Gasteiger partial charge on any atom is 0.0622 e. The first-order valence-corrected chi connectivity index (χ1v) is 11.1. The first-order chi connectivity index (χ1) is 14.0. The van der Waals surface area contributed by atoms with Crippen LogP contribution in [0, 0.1) is 18.8 Å². The van der Waals surface area contributed by atoms with Crippen LogP contribution in [0.3, 0.4) is 0 Å². The molecule has 2 nitrogen and oxygen atoms in total. The van der Waals surface area contributed by atoms with E-state index >= 15 is 0 Å². The molecule has 0 radical (unpaired) electrons. The second-order valence-corrected chi connectivity index (χ2v) is 9.17. The lowest BCUT2D eigenvalue weighted by Gasteiger charge is -2.34. The molecular formula is C26H34ClNO. The Balaban J connectivity index is 2.07. The van der Waals surface area contributed by atoms with Crippen molar-refractivity contribution in [2.24, 2.45) is 11.8 Å². The highest BCUT2D eigenvalue weighted by molar-refractivity contribution is 6.30. The number of rotatable bonds is 5. The number of hydrogen-bond acceptors (Lipinski definition) is 2. The number of benzene rings is 2. The summed E-state index contributed by atoms with van der Waals surface area (Å²) in [5, 5.41) is 4.74. The molecule has 29 heavy (non-hydrogen) atoms. The van der Waals surface area contributed by atoms with Crippen molar-refractivity contribution in [3.63, 3.8) is 0 Å². The van der Waals surface area contributed by atoms with Crippen LogP contribution in [0.25, 0.3) is 0 Å². The quantitative estimate of drug-likeness (QED) is 0.552. The lowest BCUT2D eigenvalue weighted by Crippen LogP contribution is -2.41. The van der Waals surface area contributed by atoms with Crippen molar-refractivity contribution >= 4 is 11.6 Å². The van der Waals surface area contributed by atoms with Crippen LogP contribution in [0.1, 0.15) is 55.3 Å². The van der Waals surface area contributed by atoms with Gasteiger partial charge >= 0.3 is 0 Å². The summed E-state index contributed by atoms with van der Waals surface area (Å²) in [7, 11) is 0. The van der Waals surface area contributed by atoms with E-state index < -0.39 is 0 Å². The lowest BCUT2D eigenvalue weighted by atomic mass is 9.79. The van der Waals surface area contributed by atoms with Crippen LogP contribution in [-0.2, 0) is 4.74 Å². The molecule has 1 saturated heterocycles. The second kappa shape index (κ2) is 10.4. The van der Waals surface area contributed by atoms with Crippen LogP contribution in [-0.4, -0.2) is 19.3 Å². The van der Waals surface area contributed by atoms with Crippen LogP contribution in [0.4, 0.5) is 0 Å². The predicted molar refractivity (Wildman–Crippen MR) is 124 cm³/mol. The van der Waals surface area contributed by atoms with Gasteiger partial charge < -0.3 is 10.1 Å². The molecule has 156 valence electrons.